The number of carbonyl (C=O) groups excluding carboxylic acids is 3. The van der Waals surface area contributed by atoms with Crippen molar-refractivity contribution in [2.45, 2.75) is 19.4 Å². The van der Waals surface area contributed by atoms with Gasteiger partial charge in [-0.15, -0.1) is 0 Å². The molecule has 0 saturated carbocycles. The molecule has 0 aliphatic rings. The zero-order valence-corrected chi connectivity index (χ0v) is 15.3. The number of nitrogens with zero attached hydrogens (tertiary/aromatic N) is 1. The molecule has 2 aromatic carbocycles. The molecule has 0 fully saturated rings. The van der Waals surface area contributed by atoms with E-state index < -0.39 is 11.9 Å². The van der Waals surface area contributed by atoms with Crippen LogP contribution in [0, 0.1) is 0 Å². The quantitative estimate of drug-likeness (QED) is 0.815. The number of nitrogens with one attached hydrogen (secondary N) is 1. The Morgan fingerprint density at radius 2 is 1.65 bits per heavy atom. The van der Waals surface area contributed by atoms with E-state index >= 15 is 0 Å². The highest BCUT2D eigenvalue weighted by Gasteiger charge is 2.20. The first-order valence-corrected chi connectivity index (χ1v) is 8.34. The Labute approximate surface area is 156 Å². The summed E-state index contributed by atoms with van der Waals surface area (Å²) in [6.07, 6.45) is 0.0787. The van der Waals surface area contributed by atoms with Crippen molar-refractivity contribution in [3.8, 4) is 0 Å². The number of nitrogens with two attached hydrogens (primary N) is 1. The summed E-state index contributed by atoms with van der Waals surface area (Å²) in [5.74, 6) is -0.948. The van der Waals surface area contributed by atoms with Gasteiger partial charge in [0.25, 0.3) is 0 Å². The molecule has 2 rings (SSSR count). The van der Waals surface area contributed by atoms with E-state index in [0.29, 0.717) is 16.3 Å². The van der Waals surface area contributed by atoms with Crippen LogP contribution in [0.5, 0.6) is 0 Å². The van der Waals surface area contributed by atoms with Crippen molar-refractivity contribution < 1.29 is 14.4 Å². The van der Waals surface area contributed by atoms with Crippen molar-refractivity contribution in [3.05, 3.63) is 64.7 Å². The zero-order valence-electron chi connectivity index (χ0n) is 14.5. The summed E-state index contributed by atoms with van der Waals surface area (Å²) in [6.45, 7) is 1.40. The third kappa shape index (κ3) is 5.07. The topological polar surface area (TPSA) is 92.5 Å². The fourth-order valence-corrected chi connectivity index (χ4v) is 2.62. The minimum absolute atomic E-state index is 0.0787. The van der Waals surface area contributed by atoms with E-state index in [-0.39, 0.29) is 18.2 Å². The number of amides is 3. The number of anilines is 1. The Morgan fingerprint density at radius 3 is 2.15 bits per heavy atom. The molecule has 0 saturated heterocycles. The molecule has 1 unspecified atom stereocenters. The largest absolute Gasteiger partial charge is 0.366 e. The molecular formula is C19H20ClN3O3. The Kier molecular flexibility index (Phi) is 6.36. The second-order valence-electron chi connectivity index (χ2n) is 5.87. The number of primary amides is 1. The molecule has 0 spiro atoms. The van der Waals surface area contributed by atoms with Crippen LogP contribution in [-0.2, 0) is 9.59 Å². The maximum absolute atomic E-state index is 12.7. The Morgan fingerprint density at radius 1 is 1.08 bits per heavy atom. The fourth-order valence-electron chi connectivity index (χ4n) is 2.50. The molecule has 6 nitrogen and oxygen atoms in total. The predicted molar refractivity (Wildman–Crippen MR) is 101 cm³/mol. The summed E-state index contributed by atoms with van der Waals surface area (Å²) in [7, 11) is 1.63. The predicted octanol–water partition coefficient (Wildman–Crippen LogP) is 2.67. The van der Waals surface area contributed by atoms with Crippen molar-refractivity contribution >= 4 is 35.0 Å². The van der Waals surface area contributed by atoms with Crippen LogP contribution in [-0.4, -0.2) is 24.8 Å². The molecule has 26 heavy (non-hydrogen) atoms. The smallest absolute Gasteiger partial charge is 0.248 e. The van der Waals surface area contributed by atoms with Crippen LogP contribution in [0.25, 0.3) is 0 Å². The van der Waals surface area contributed by atoms with Gasteiger partial charge in [-0.3, -0.25) is 14.4 Å². The molecule has 1 atom stereocenters. The average Bonchev–Trinajstić information content (AvgIpc) is 2.60. The van der Waals surface area contributed by atoms with Gasteiger partial charge in [0.05, 0.1) is 12.5 Å². The maximum Gasteiger partial charge on any atom is 0.248 e. The Bertz CT molecular complexity index is 804. The molecule has 7 heteroatoms. The number of halogens is 1. The Balaban J connectivity index is 2.15. The summed E-state index contributed by atoms with van der Waals surface area (Å²) in [5.41, 5.74) is 7.00. The number of hydrogen-bond acceptors (Lipinski definition) is 3. The van der Waals surface area contributed by atoms with Crippen molar-refractivity contribution in [1.82, 2.24) is 5.32 Å². The minimum Gasteiger partial charge on any atom is -0.366 e. The molecule has 0 radical (unpaired) electrons. The lowest BCUT2D eigenvalue weighted by molar-refractivity contribution is -0.121. The highest BCUT2D eigenvalue weighted by atomic mass is 35.5. The van der Waals surface area contributed by atoms with Crippen molar-refractivity contribution in [2.24, 2.45) is 5.73 Å². The molecule has 2 aromatic rings. The normalized spacial score (nSPS) is 11.5. The highest BCUT2D eigenvalue weighted by Crippen LogP contribution is 2.22. The summed E-state index contributed by atoms with van der Waals surface area (Å²) in [4.78, 5) is 36.8. The molecule has 0 heterocycles. The lowest BCUT2D eigenvalue weighted by Crippen LogP contribution is -2.33. The second kappa shape index (κ2) is 8.49. The summed E-state index contributed by atoms with van der Waals surface area (Å²) >= 11 is 5.90. The fraction of sp³-hybridized carbons (Fsp3) is 0.211. The van der Waals surface area contributed by atoms with Crippen LogP contribution in [0.2, 0.25) is 5.02 Å². The van der Waals surface area contributed by atoms with Gasteiger partial charge in [-0.1, -0.05) is 23.7 Å². The van der Waals surface area contributed by atoms with Gasteiger partial charge in [0, 0.05) is 30.2 Å². The third-order valence-electron chi connectivity index (χ3n) is 3.94. The lowest BCUT2D eigenvalue weighted by atomic mass is 10.0. The highest BCUT2D eigenvalue weighted by molar-refractivity contribution is 6.30. The first-order valence-electron chi connectivity index (χ1n) is 7.97. The van der Waals surface area contributed by atoms with Gasteiger partial charge in [0.2, 0.25) is 17.7 Å². The van der Waals surface area contributed by atoms with Crippen molar-refractivity contribution in [3.63, 3.8) is 0 Å². The van der Waals surface area contributed by atoms with Gasteiger partial charge in [-0.25, -0.2) is 0 Å². The van der Waals surface area contributed by atoms with E-state index in [9.17, 15) is 14.4 Å². The maximum atomic E-state index is 12.7. The molecular weight excluding hydrogens is 354 g/mol. The summed E-state index contributed by atoms with van der Waals surface area (Å²) in [6, 6.07) is 12.9. The molecule has 136 valence electrons. The van der Waals surface area contributed by atoms with E-state index in [4.69, 9.17) is 17.3 Å². The second-order valence-corrected chi connectivity index (χ2v) is 6.31. The third-order valence-corrected chi connectivity index (χ3v) is 4.19. The molecule has 0 bridgehead atoms. The first-order chi connectivity index (χ1) is 12.3. The van der Waals surface area contributed by atoms with E-state index in [0.717, 1.165) is 5.56 Å². The Hall–Kier alpha value is -2.86. The van der Waals surface area contributed by atoms with Gasteiger partial charge in [-0.05, 0) is 42.0 Å². The van der Waals surface area contributed by atoms with Crippen LogP contribution in [0.3, 0.4) is 0 Å². The van der Waals surface area contributed by atoms with Gasteiger partial charge < -0.3 is 16.0 Å². The lowest BCUT2D eigenvalue weighted by Gasteiger charge is -2.23. The SMILES string of the molecule is CC(=O)NC(CC(=O)N(C)c1ccc(C(N)=O)cc1)c1ccc(Cl)cc1. The standard InChI is InChI=1S/C19H20ClN3O3/c1-12(24)22-17(13-3-7-15(20)8-4-13)11-18(25)23(2)16-9-5-14(6-10-16)19(21)26/h3-10,17H,11H2,1-2H3,(H2,21,26)(H,22,24). The minimum atomic E-state index is -0.529. The van der Waals surface area contributed by atoms with Crippen LogP contribution < -0.4 is 16.0 Å². The van der Waals surface area contributed by atoms with E-state index in [1.54, 1.807) is 55.6 Å². The summed E-state index contributed by atoms with van der Waals surface area (Å²) in [5, 5.41) is 3.36. The van der Waals surface area contributed by atoms with Crippen LogP contribution >= 0.6 is 11.6 Å². The van der Waals surface area contributed by atoms with Crippen LogP contribution in [0.1, 0.15) is 35.3 Å². The molecule has 0 aliphatic heterocycles. The average molecular weight is 374 g/mol. The van der Waals surface area contributed by atoms with Gasteiger partial charge in [0.15, 0.2) is 0 Å². The molecule has 3 N–H and O–H groups in total. The van der Waals surface area contributed by atoms with Crippen molar-refractivity contribution in [1.29, 1.82) is 0 Å². The van der Waals surface area contributed by atoms with Crippen LogP contribution in [0.4, 0.5) is 5.69 Å². The molecule has 3 amide bonds. The number of carbonyl (C=O) groups is 3. The molecule has 0 aromatic heterocycles. The number of benzene rings is 2. The van der Waals surface area contributed by atoms with E-state index in [2.05, 4.69) is 5.32 Å². The number of hydrogen-bond donors (Lipinski definition) is 2. The van der Waals surface area contributed by atoms with E-state index in [1.165, 1.54) is 11.8 Å². The van der Waals surface area contributed by atoms with Crippen molar-refractivity contribution in [2.75, 3.05) is 11.9 Å². The number of rotatable bonds is 6. The van der Waals surface area contributed by atoms with Gasteiger partial charge in [-0.2, -0.15) is 0 Å². The first kappa shape index (κ1) is 19.5. The molecule has 0 aliphatic carbocycles. The van der Waals surface area contributed by atoms with Gasteiger partial charge >= 0.3 is 0 Å². The van der Waals surface area contributed by atoms with Crippen LogP contribution in [0.15, 0.2) is 48.5 Å². The van der Waals surface area contributed by atoms with Gasteiger partial charge in [0.1, 0.15) is 0 Å². The van der Waals surface area contributed by atoms with E-state index in [1.807, 2.05) is 0 Å². The zero-order chi connectivity index (χ0) is 19.3. The monoisotopic (exact) mass is 373 g/mol. The summed E-state index contributed by atoms with van der Waals surface area (Å²) < 4.78 is 0.